The Morgan fingerprint density at radius 2 is 1.60 bits per heavy atom. The minimum atomic E-state index is -5.77. The maximum atomic E-state index is 13.9. The largest absolute Gasteiger partial charge is 0.466 e. The third-order valence-electron chi connectivity index (χ3n) is 5.46. The minimum absolute atomic E-state index is 0.152. The molecule has 6 nitrogen and oxygen atoms in total. The van der Waals surface area contributed by atoms with E-state index >= 15 is 0 Å². The van der Waals surface area contributed by atoms with Crippen molar-refractivity contribution in [1.29, 1.82) is 0 Å². The summed E-state index contributed by atoms with van der Waals surface area (Å²) in [7, 11) is 0. The molecule has 0 bridgehead atoms. The Morgan fingerprint density at radius 1 is 0.971 bits per heavy atom. The molecule has 0 aliphatic carbocycles. The Kier molecular flexibility index (Phi) is 7.13. The number of fused-ring (bicyclic) bond motifs is 1. The van der Waals surface area contributed by atoms with Crippen LogP contribution < -0.4 is 5.32 Å². The number of carbonyl (C=O) groups is 2. The van der Waals surface area contributed by atoms with Gasteiger partial charge in [0, 0.05) is 18.2 Å². The number of benzene rings is 1. The summed E-state index contributed by atoms with van der Waals surface area (Å²) in [6.45, 7) is 3.06. The van der Waals surface area contributed by atoms with E-state index in [1.807, 2.05) is 13.0 Å². The van der Waals surface area contributed by atoms with Gasteiger partial charge in [-0.15, -0.1) is 0 Å². The summed E-state index contributed by atoms with van der Waals surface area (Å²) in [5.41, 5.74) is -4.17. The van der Waals surface area contributed by atoms with E-state index in [0.717, 1.165) is 17.7 Å². The Morgan fingerprint density at radius 3 is 2.17 bits per heavy atom. The number of halogens is 6. The molecule has 0 spiro atoms. The van der Waals surface area contributed by atoms with Crippen LogP contribution in [0.5, 0.6) is 0 Å². The third-order valence-corrected chi connectivity index (χ3v) is 5.46. The van der Waals surface area contributed by atoms with E-state index in [-0.39, 0.29) is 18.0 Å². The first kappa shape index (κ1) is 26.0. The lowest BCUT2D eigenvalue weighted by Gasteiger charge is -2.37. The molecule has 12 heteroatoms. The van der Waals surface area contributed by atoms with Gasteiger partial charge in [-0.25, -0.2) is 4.98 Å². The SMILES string of the molecule is CCOC(=O)CCC(c1ccc(C(=O)Nc2cn3cc(C)ccc3n2)cc1)(C(F)(F)F)C(F)(F)F. The number of hydrogen-bond acceptors (Lipinski definition) is 4. The van der Waals surface area contributed by atoms with Crippen molar-refractivity contribution in [3.05, 3.63) is 65.5 Å². The van der Waals surface area contributed by atoms with E-state index in [1.54, 1.807) is 16.7 Å². The molecule has 188 valence electrons. The number of esters is 1. The lowest BCUT2D eigenvalue weighted by Crippen LogP contribution is -2.54. The molecule has 0 saturated heterocycles. The van der Waals surface area contributed by atoms with Crippen LogP contribution in [0.15, 0.2) is 48.8 Å². The summed E-state index contributed by atoms with van der Waals surface area (Å²) in [5.74, 6) is -1.80. The number of carbonyl (C=O) groups excluding carboxylic acids is 2. The van der Waals surface area contributed by atoms with Gasteiger partial charge in [0.25, 0.3) is 5.91 Å². The molecule has 0 unspecified atom stereocenters. The van der Waals surface area contributed by atoms with E-state index in [4.69, 9.17) is 0 Å². The van der Waals surface area contributed by atoms with Crippen molar-refractivity contribution in [3.8, 4) is 0 Å². The number of anilines is 1. The minimum Gasteiger partial charge on any atom is -0.466 e. The first-order valence-electron chi connectivity index (χ1n) is 10.4. The highest BCUT2D eigenvalue weighted by atomic mass is 19.4. The number of hydrogen-bond donors (Lipinski definition) is 1. The van der Waals surface area contributed by atoms with Gasteiger partial charge in [0.1, 0.15) is 5.65 Å². The predicted octanol–water partition coefficient (Wildman–Crippen LogP) is 5.60. The van der Waals surface area contributed by atoms with Crippen LogP contribution in [0.2, 0.25) is 0 Å². The smallest absolute Gasteiger partial charge is 0.407 e. The molecular formula is C23H21F6N3O3. The number of nitrogens with zero attached hydrogens (tertiary/aromatic N) is 2. The second kappa shape index (κ2) is 9.59. The van der Waals surface area contributed by atoms with Gasteiger partial charge < -0.3 is 14.5 Å². The Hall–Kier alpha value is -3.57. The van der Waals surface area contributed by atoms with Gasteiger partial charge in [0.05, 0.1) is 12.8 Å². The number of alkyl halides is 6. The zero-order valence-corrected chi connectivity index (χ0v) is 18.6. The number of nitrogens with one attached hydrogen (secondary N) is 1. The number of imidazole rings is 1. The molecule has 0 atom stereocenters. The second-order valence-corrected chi connectivity index (χ2v) is 7.84. The molecule has 3 aromatic rings. The quantitative estimate of drug-likeness (QED) is 0.338. The number of pyridine rings is 1. The van der Waals surface area contributed by atoms with Crippen molar-refractivity contribution in [2.24, 2.45) is 0 Å². The zero-order valence-electron chi connectivity index (χ0n) is 18.6. The zero-order chi connectivity index (χ0) is 26.0. The van der Waals surface area contributed by atoms with Crippen LogP contribution in [0, 0.1) is 6.92 Å². The van der Waals surface area contributed by atoms with Gasteiger partial charge in [-0.05, 0) is 49.6 Å². The summed E-state index contributed by atoms with van der Waals surface area (Å²) in [4.78, 5) is 28.3. The van der Waals surface area contributed by atoms with Crippen molar-refractivity contribution < 1.29 is 40.7 Å². The van der Waals surface area contributed by atoms with E-state index in [0.29, 0.717) is 17.8 Å². The molecule has 0 aliphatic heterocycles. The lowest BCUT2D eigenvalue weighted by atomic mass is 9.75. The molecular weight excluding hydrogens is 480 g/mol. The maximum Gasteiger partial charge on any atom is 0.407 e. The van der Waals surface area contributed by atoms with E-state index < -0.39 is 48.0 Å². The first-order valence-corrected chi connectivity index (χ1v) is 10.4. The van der Waals surface area contributed by atoms with Gasteiger partial charge in [0.2, 0.25) is 0 Å². The summed E-state index contributed by atoms with van der Waals surface area (Å²) in [5, 5.41) is 2.46. The average molecular weight is 501 g/mol. The molecule has 0 aliphatic rings. The molecule has 1 aromatic carbocycles. The van der Waals surface area contributed by atoms with E-state index in [2.05, 4.69) is 15.0 Å². The van der Waals surface area contributed by atoms with Crippen molar-refractivity contribution in [2.45, 2.75) is 44.5 Å². The van der Waals surface area contributed by atoms with E-state index in [1.165, 1.54) is 13.1 Å². The van der Waals surface area contributed by atoms with Gasteiger partial charge in [-0.1, -0.05) is 18.2 Å². The number of amides is 1. The lowest BCUT2D eigenvalue weighted by molar-refractivity contribution is -0.305. The molecule has 3 rings (SSSR count). The fraction of sp³-hybridized carbons (Fsp3) is 0.348. The Bertz CT molecular complexity index is 1200. The van der Waals surface area contributed by atoms with E-state index in [9.17, 15) is 35.9 Å². The highest BCUT2D eigenvalue weighted by Crippen LogP contribution is 2.54. The van der Waals surface area contributed by atoms with Crippen molar-refractivity contribution in [2.75, 3.05) is 11.9 Å². The number of rotatable bonds is 7. The van der Waals surface area contributed by atoms with Gasteiger partial charge in [0.15, 0.2) is 11.2 Å². The van der Waals surface area contributed by atoms with Crippen LogP contribution in [0.3, 0.4) is 0 Å². The first-order chi connectivity index (χ1) is 16.3. The molecule has 0 fully saturated rings. The van der Waals surface area contributed by atoms with Crippen molar-refractivity contribution >= 4 is 23.3 Å². The topological polar surface area (TPSA) is 72.7 Å². The average Bonchev–Trinajstić information content (AvgIpc) is 3.14. The summed E-state index contributed by atoms with van der Waals surface area (Å²) in [6.07, 6.45) is -10.9. The van der Waals surface area contributed by atoms with Gasteiger partial charge >= 0.3 is 18.3 Å². The van der Waals surface area contributed by atoms with Gasteiger partial charge in [-0.2, -0.15) is 26.3 Å². The molecule has 2 aromatic heterocycles. The van der Waals surface area contributed by atoms with Gasteiger partial charge in [-0.3, -0.25) is 9.59 Å². The highest BCUT2D eigenvalue weighted by molar-refractivity contribution is 6.03. The molecule has 35 heavy (non-hydrogen) atoms. The van der Waals surface area contributed by atoms with Crippen LogP contribution in [-0.4, -0.2) is 40.2 Å². The number of aromatic nitrogens is 2. The Labute approximate surface area is 195 Å². The van der Waals surface area contributed by atoms with Crippen molar-refractivity contribution in [3.63, 3.8) is 0 Å². The molecule has 1 N–H and O–H groups in total. The van der Waals surface area contributed by atoms with Crippen LogP contribution in [0.1, 0.15) is 41.3 Å². The number of ether oxygens (including phenoxy) is 1. The second-order valence-electron chi connectivity index (χ2n) is 7.84. The van der Waals surface area contributed by atoms with Crippen molar-refractivity contribution in [1.82, 2.24) is 9.38 Å². The summed E-state index contributed by atoms with van der Waals surface area (Å²) >= 11 is 0. The molecule has 1 amide bonds. The van der Waals surface area contributed by atoms with Crippen LogP contribution in [0.25, 0.3) is 5.65 Å². The normalized spacial score (nSPS) is 12.6. The van der Waals surface area contributed by atoms with Crippen LogP contribution >= 0.6 is 0 Å². The molecule has 0 saturated carbocycles. The fourth-order valence-corrected chi connectivity index (χ4v) is 3.70. The predicted molar refractivity (Wildman–Crippen MR) is 114 cm³/mol. The number of aryl methyl sites for hydroxylation is 1. The van der Waals surface area contributed by atoms with Crippen LogP contribution in [0.4, 0.5) is 32.2 Å². The Balaban J connectivity index is 1.90. The summed E-state index contributed by atoms with van der Waals surface area (Å²) < 4.78 is 89.6. The monoisotopic (exact) mass is 501 g/mol. The molecule has 2 heterocycles. The third kappa shape index (κ3) is 5.25. The summed E-state index contributed by atoms with van der Waals surface area (Å²) in [6, 6.07) is 6.43. The maximum absolute atomic E-state index is 13.9. The highest BCUT2D eigenvalue weighted by Gasteiger charge is 2.71. The standard InChI is InChI=1S/C23H21F6N3O3/c1-3-35-19(33)10-11-21(22(24,25)26,23(27,28)29)16-7-5-15(6-8-16)20(34)31-17-13-32-12-14(2)4-9-18(32)30-17/h4-9,12-13H,3,10-11H2,1-2H3,(H,31,34). The van der Waals surface area contributed by atoms with Crippen LogP contribution in [-0.2, 0) is 14.9 Å². The molecule has 0 radical (unpaired) electrons. The fourth-order valence-electron chi connectivity index (χ4n) is 3.70.